The van der Waals surface area contributed by atoms with Crippen LogP contribution in [0.4, 0.5) is 0 Å². The van der Waals surface area contributed by atoms with Crippen molar-refractivity contribution in [2.45, 2.75) is 52.7 Å². The molecule has 0 heterocycles. The van der Waals surface area contributed by atoms with Crippen molar-refractivity contribution in [2.75, 3.05) is 7.11 Å². The van der Waals surface area contributed by atoms with Gasteiger partial charge in [-0.2, -0.15) is 0 Å². The third kappa shape index (κ3) is 5.39. The Labute approximate surface area is 166 Å². The average molecular weight is 390 g/mol. The molecule has 27 heavy (non-hydrogen) atoms. The highest BCUT2D eigenvalue weighted by Crippen LogP contribution is 2.25. The predicted octanol–water partition coefficient (Wildman–Crippen LogP) is 5.39. The first-order chi connectivity index (χ1) is 12.9. The molecule has 0 aliphatic heterocycles. The molecular weight excluding hydrogens is 362 g/mol. The van der Waals surface area contributed by atoms with Crippen LogP contribution >= 0.6 is 11.6 Å². The van der Waals surface area contributed by atoms with Crippen LogP contribution in [0, 0.1) is 13.8 Å². The summed E-state index contributed by atoms with van der Waals surface area (Å²) >= 11 is 6.06. The Hall–Kier alpha value is -2.20. The number of aryl methyl sites for hydroxylation is 2. The van der Waals surface area contributed by atoms with Crippen molar-refractivity contribution < 1.29 is 14.3 Å². The largest absolute Gasteiger partial charge is 0.496 e. The minimum atomic E-state index is -0.557. The number of hydrogen-bond acceptors (Lipinski definition) is 3. The third-order valence-corrected chi connectivity index (χ3v) is 5.04. The van der Waals surface area contributed by atoms with E-state index in [9.17, 15) is 4.79 Å². The van der Waals surface area contributed by atoms with Crippen LogP contribution in [0.2, 0.25) is 5.02 Å². The summed E-state index contributed by atoms with van der Waals surface area (Å²) < 4.78 is 11.2. The smallest absolute Gasteiger partial charge is 0.261 e. The Kier molecular flexibility index (Phi) is 7.55. The number of carbonyl (C=O) groups is 1. The fourth-order valence-electron chi connectivity index (χ4n) is 2.98. The summed E-state index contributed by atoms with van der Waals surface area (Å²) in [7, 11) is 1.66. The second kappa shape index (κ2) is 9.65. The van der Waals surface area contributed by atoms with Gasteiger partial charge in [-0.15, -0.1) is 0 Å². The van der Waals surface area contributed by atoms with Gasteiger partial charge < -0.3 is 14.8 Å². The van der Waals surface area contributed by atoms with Crippen molar-refractivity contribution >= 4 is 17.5 Å². The lowest BCUT2D eigenvalue weighted by atomic mass is 10.0. The second-order valence-electron chi connectivity index (χ2n) is 6.62. The number of ether oxygens (including phenoxy) is 2. The number of carbonyl (C=O) groups excluding carboxylic acids is 1. The Bertz CT molecular complexity index is 791. The molecule has 0 aliphatic rings. The van der Waals surface area contributed by atoms with E-state index in [0.29, 0.717) is 17.2 Å². The molecule has 2 aromatic rings. The SMILES string of the molecule is CCC(Oc1ccc(Cl)c(C)c1)C(=O)NC(CC)c1ccc(OC)c(C)c1. The summed E-state index contributed by atoms with van der Waals surface area (Å²) in [5.74, 6) is 1.37. The van der Waals surface area contributed by atoms with E-state index in [4.69, 9.17) is 21.1 Å². The number of amides is 1. The molecule has 2 rings (SSSR count). The quantitative estimate of drug-likeness (QED) is 0.658. The van der Waals surface area contributed by atoms with E-state index in [0.717, 1.165) is 28.9 Å². The van der Waals surface area contributed by atoms with Gasteiger partial charge in [-0.25, -0.2) is 0 Å². The molecule has 0 aromatic heterocycles. The van der Waals surface area contributed by atoms with Gasteiger partial charge in [0.05, 0.1) is 13.2 Å². The minimum absolute atomic E-state index is 0.0771. The third-order valence-electron chi connectivity index (χ3n) is 4.62. The maximum atomic E-state index is 12.8. The van der Waals surface area contributed by atoms with Crippen molar-refractivity contribution in [3.63, 3.8) is 0 Å². The fourth-order valence-corrected chi connectivity index (χ4v) is 3.10. The van der Waals surface area contributed by atoms with Gasteiger partial charge in [0, 0.05) is 5.02 Å². The van der Waals surface area contributed by atoms with Crippen LogP contribution in [-0.4, -0.2) is 19.1 Å². The molecule has 2 aromatic carbocycles. The van der Waals surface area contributed by atoms with E-state index < -0.39 is 6.10 Å². The molecule has 0 saturated heterocycles. The zero-order chi connectivity index (χ0) is 20.0. The number of nitrogens with one attached hydrogen (secondary N) is 1. The first-order valence-corrected chi connectivity index (χ1v) is 9.65. The highest BCUT2D eigenvalue weighted by atomic mass is 35.5. The Morgan fingerprint density at radius 2 is 1.81 bits per heavy atom. The van der Waals surface area contributed by atoms with Crippen LogP contribution in [0.3, 0.4) is 0 Å². The molecule has 4 nitrogen and oxygen atoms in total. The summed E-state index contributed by atoms with van der Waals surface area (Å²) in [6, 6.07) is 11.3. The Morgan fingerprint density at radius 1 is 1.07 bits per heavy atom. The van der Waals surface area contributed by atoms with Crippen molar-refractivity contribution in [2.24, 2.45) is 0 Å². The van der Waals surface area contributed by atoms with E-state index in [2.05, 4.69) is 18.3 Å². The number of methoxy groups -OCH3 is 1. The number of halogens is 1. The summed E-state index contributed by atoms with van der Waals surface area (Å²) in [6.07, 6.45) is 0.804. The van der Waals surface area contributed by atoms with Crippen molar-refractivity contribution in [3.05, 3.63) is 58.1 Å². The van der Waals surface area contributed by atoms with Gasteiger partial charge in [-0.1, -0.05) is 37.6 Å². The first-order valence-electron chi connectivity index (χ1n) is 9.27. The molecule has 0 fully saturated rings. The minimum Gasteiger partial charge on any atom is -0.496 e. The van der Waals surface area contributed by atoms with Crippen LogP contribution in [0.1, 0.15) is 49.4 Å². The zero-order valence-corrected chi connectivity index (χ0v) is 17.4. The standard InChI is InChI=1S/C22H28ClNO3/c1-6-19(16-8-11-21(26-5)15(4)12-16)24-22(25)20(7-2)27-17-9-10-18(23)14(3)13-17/h8-13,19-20H,6-7H2,1-5H3,(H,24,25). The molecule has 0 aliphatic carbocycles. The van der Waals surface area contributed by atoms with Crippen molar-refractivity contribution in [3.8, 4) is 11.5 Å². The van der Waals surface area contributed by atoms with E-state index in [1.807, 2.05) is 39.0 Å². The molecular formula is C22H28ClNO3. The topological polar surface area (TPSA) is 47.6 Å². The van der Waals surface area contributed by atoms with Crippen molar-refractivity contribution in [1.29, 1.82) is 0 Å². The van der Waals surface area contributed by atoms with Crippen molar-refractivity contribution in [1.82, 2.24) is 5.32 Å². The van der Waals surface area contributed by atoms with Crippen LogP contribution < -0.4 is 14.8 Å². The highest BCUT2D eigenvalue weighted by molar-refractivity contribution is 6.31. The zero-order valence-electron chi connectivity index (χ0n) is 16.6. The first kappa shape index (κ1) is 21.1. The molecule has 2 atom stereocenters. The lowest BCUT2D eigenvalue weighted by Gasteiger charge is -2.23. The number of benzene rings is 2. The molecule has 1 N–H and O–H groups in total. The van der Waals surface area contributed by atoms with E-state index in [1.54, 1.807) is 19.2 Å². The van der Waals surface area contributed by atoms with E-state index in [-0.39, 0.29) is 11.9 Å². The van der Waals surface area contributed by atoms with Gasteiger partial charge in [0.2, 0.25) is 0 Å². The van der Waals surface area contributed by atoms with Gasteiger partial charge in [0.15, 0.2) is 6.10 Å². The monoisotopic (exact) mass is 389 g/mol. The van der Waals surface area contributed by atoms with Gasteiger partial charge in [-0.3, -0.25) is 4.79 Å². The van der Waals surface area contributed by atoms with Crippen LogP contribution in [0.15, 0.2) is 36.4 Å². The maximum absolute atomic E-state index is 12.8. The van der Waals surface area contributed by atoms with E-state index in [1.165, 1.54) is 0 Å². The maximum Gasteiger partial charge on any atom is 0.261 e. The van der Waals surface area contributed by atoms with Crippen LogP contribution in [0.25, 0.3) is 0 Å². The molecule has 1 amide bonds. The Balaban J connectivity index is 2.11. The Morgan fingerprint density at radius 3 is 2.37 bits per heavy atom. The molecule has 146 valence electrons. The molecule has 5 heteroatoms. The predicted molar refractivity (Wildman–Crippen MR) is 110 cm³/mol. The molecule has 0 bridgehead atoms. The van der Waals surface area contributed by atoms with Gasteiger partial charge in [-0.05, 0) is 67.6 Å². The molecule has 2 unspecified atom stereocenters. The number of rotatable bonds is 8. The van der Waals surface area contributed by atoms with Gasteiger partial charge >= 0.3 is 0 Å². The van der Waals surface area contributed by atoms with Crippen LogP contribution in [-0.2, 0) is 4.79 Å². The summed E-state index contributed by atoms with van der Waals surface area (Å²) in [4.78, 5) is 12.8. The fraction of sp³-hybridized carbons (Fsp3) is 0.409. The highest BCUT2D eigenvalue weighted by Gasteiger charge is 2.22. The van der Waals surface area contributed by atoms with Crippen LogP contribution in [0.5, 0.6) is 11.5 Å². The molecule has 0 spiro atoms. The van der Waals surface area contributed by atoms with E-state index >= 15 is 0 Å². The summed E-state index contributed by atoms with van der Waals surface area (Å²) in [5.41, 5.74) is 3.02. The number of hydrogen-bond donors (Lipinski definition) is 1. The lowest BCUT2D eigenvalue weighted by Crippen LogP contribution is -2.40. The summed E-state index contributed by atoms with van der Waals surface area (Å²) in [6.45, 7) is 7.90. The van der Waals surface area contributed by atoms with Gasteiger partial charge in [0.25, 0.3) is 5.91 Å². The average Bonchev–Trinajstić information content (AvgIpc) is 2.66. The lowest BCUT2D eigenvalue weighted by molar-refractivity contribution is -0.128. The summed E-state index contributed by atoms with van der Waals surface area (Å²) in [5, 5.41) is 3.80. The molecule has 0 radical (unpaired) electrons. The second-order valence-corrected chi connectivity index (χ2v) is 7.03. The van der Waals surface area contributed by atoms with Gasteiger partial charge in [0.1, 0.15) is 11.5 Å². The molecule has 0 saturated carbocycles. The normalized spacial score (nSPS) is 13.0.